The Hall–Kier alpha value is -1.35. The zero-order chi connectivity index (χ0) is 14.5. The second-order valence-corrected chi connectivity index (χ2v) is 6.19. The molecule has 2 N–H and O–H groups in total. The largest absolute Gasteiger partial charge is 0.478 e. The molecule has 2 rings (SSSR count). The van der Waals surface area contributed by atoms with E-state index in [1.807, 2.05) is 12.1 Å². The molecule has 1 aliphatic carbocycles. The van der Waals surface area contributed by atoms with E-state index in [1.165, 1.54) is 25.7 Å². The van der Waals surface area contributed by atoms with Crippen LogP contribution in [0.5, 0.6) is 0 Å². The van der Waals surface area contributed by atoms with Gasteiger partial charge in [0.25, 0.3) is 0 Å². The van der Waals surface area contributed by atoms with Crippen LogP contribution >= 0.6 is 0 Å². The van der Waals surface area contributed by atoms with Crippen molar-refractivity contribution in [3.05, 3.63) is 35.4 Å². The van der Waals surface area contributed by atoms with Gasteiger partial charge in [0, 0.05) is 12.6 Å². The topological polar surface area (TPSA) is 49.3 Å². The molecule has 0 heterocycles. The van der Waals surface area contributed by atoms with Crippen molar-refractivity contribution in [1.29, 1.82) is 0 Å². The van der Waals surface area contributed by atoms with Crippen molar-refractivity contribution in [2.75, 3.05) is 0 Å². The molecule has 0 aromatic heterocycles. The fourth-order valence-corrected chi connectivity index (χ4v) is 3.27. The van der Waals surface area contributed by atoms with Crippen molar-refractivity contribution < 1.29 is 9.90 Å². The minimum absolute atomic E-state index is 0.369. The lowest BCUT2D eigenvalue weighted by Gasteiger charge is -2.35. The number of rotatable bonds is 5. The van der Waals surface area contributed by atoms with E-state index in [-0.39, 0.29) is 0 Å². The Bertz CT molecular complexity index is 456. The Balaban J connectivity index is 1.96. The Morgan fingerprint density at radius 3 is 2.80 bits per heavy atom. The maximum Gasteiger partial charge on any atom is 0.335 e. The molecule has 3 nitrogen and oxygen atoms in total. The standard InChI is InChI=1S/C17H25NO2/c1-12(2)15-8-3-4-9-16(15)18-11-13-6-5-7-14(10-13)17(19)20/h5-7,10,12,15-16,18H,3-4,8-9,11H2,1-2H3,(H,19,20). The third-order valence-electron chi connectivity index (χ3n) is 4.42. The van der Waals surface area contributed by atoms with Gasteiger partial charge in [-0.05, 0) is 42.4 Å². The van der Waals surface area contributed by atoms with Gasteiger partial charge in [0.2, 0.25) is 0 Å². The maximum absolute atomic E-state index is 11.0. The van der Waals surface area contributed by atoms with Crippen molar-refractivity contribution >= 4 is 5.97 Å². The summed E-state index contributed by atoms with van der Waals surface area (Å²) in [6.07, 6.45) is 5.19. The highest BCUT2D eigenvalue weighted by Crippen LogP contribution is 2.30. The van der Waals surface area contributed by atoms with Gasteiger partial charge in [-0.3, -0.25) is 0 Å². The summed E-state index contributed by atoms with van der Waals surface area (Å²) >= 11 is 0. The van der Waals surface area contributed by atoms with Crippen molar-refractivity contribution in [2.24, 2.45) is 11.8 Å². The van der Waals surface area contributed by atoms with Crippen molar-refractivity contribution in [3.8, 4) is 0 Å². The molecule has 3 heteroatoms. The summed E-state index contributed by atoms with van der Waals surface area (Å²) in [4.78, 5) is 11.0. The molecule has 110 valence electrons. The molecular formula is C17H25NO2. The molecule has 1 aromatic rings. The lowest BCUT2D eigenvalue weighted by Crippen LogP contribution is -2.40. The first-order valence-electron chi connectivity index (χ1n) is 7.63. The molecule has 20 heavy (non-hydrogen) atoms. The summed E-state index contributed by atoms with van der Waals surface area (Å²) in [7, 11) is 0. The molecule has 0 spiro atoms. The molecule has 1 aromatic carbocycles. The van der Waals surface area contributed by atoms with E-state index in [1.54, 1.807) is 12.1 Å². The van der Waals surface area contributed by atoms with Gasteiger partial charge in [-0.1, -0.05) is 38.8 Å². The van der Waals surface area contributed by atoms with Crippen molar-refractivity contribution in [1.82, 2.24) is 5.32 Å². The number of carboxylic acid groups (broad SMARTS) is 1. The first kappa shape index (κ1) is 15.0. The van der Waals surface area contributed by atoms with Crippen LogP contribution in [0.3, 0.4) is 0 Å². The zero-order valence-corrected chi connectivity index (χ0v) is 12.4. The predicted octanol–water partition coefficient (Wildman–Crippen LogP) is 3.69. The second-order valence-electron chi connectivity index (χ2n) is 6.19. The van der Waals surface area contributed by atoms with Crippen LogP contribution in [0.2, 0.25) is 0 Å². The average Bonchev–Trinajstić information content (AvgIpc) is 2.45. The lowest BCUT2D eigenvalue weighted by molar-refractivity contribution is 0.0696. The van der Waals surface area contributed by atoms with Crippen LogP contribution in [-0.2, 0) is 6.54 Å². The van der Waals surface area contributed by atoms with E-state index in [2.05, 4.69) is 19.2 Å². The summed E-state index contributed by atoms with van der Waals surface area (Å²) in [6.45, 7) is 5.36. The van der Waals surface area contributed by atoms with Gasteiger partial charge >= 0.3 is 5.97 Å². The number of nitrogens with one attached hydrogen (secondary N) is 1. The highest BCUT2D eigenvalue weighted by atomic mass is 16.4. The molecule has 1 fully saturated rings. The van der Waals surface area contributed by atoms with Gasteiger partial charge < -0.3 is 10.4 Å². The molecule has 0 saturated heterocycles. The normalized spacial score (nSPS) is 22.9. The summed E-state index contributed by atoms with van der Waals surface area (Å²) < 4.78 is 0. The first-order chi connectivity index (χ1) is 9.58. The summed E-state index contributed by atoms with van der Waals surface area (Å²) in [5.41, 5.74) is 1.42. The number of carbonyl (C=O) groups is 1. The van der Waals surface area contributed by atoms with E-state index >= 15 is 0 Å². The Labute approximate surface area is 121 Å². The minimum atomic E-state index is -0.857. The van der Waals surface area contributed by atoms with Gasteiger partial charge in [-0.15, -0.1) is 0 Å². The van der Waals surface area contributed by atoms with E-state index in [9.17, 15) is 4.79 Å². The Morgan fingerprint density at radius 2 is 2.10 bits per heavy atom. The fraction of sp³-hybridized carbons (Fsp3) is 0.588. The molecule has 0 aliphatic heterocycles. The van der Waals surface area contributed by atoms with Gasteiger partial charge in [0.05, 0.1) is 5.56 Å². The SMILES string of the molecule is CC(C)C1CCCCC1NCc1cccc(C(=O)O)c1. The monoisotopic (exact) mass is 275 g/mol. The third-order valence-corrected chi connectivity index (χ3v) is 4.42. The number of hydrogen-bond acceptors (Lipinski definition) is 2. The molecule has 1 saturated carbocycles. The summed E-state index contributed by atoms with van der Waals surface area (Å²) in [5.74, 6) is 0.592. The van der Waals surface area contributed by atoms with Crippen molar-refractivity contribution in [3.63, 3.8) is 0 Å². The third kappa shape index (κ3) is 3.83. The molecule has 2 atom stereocenters. The molecule has 0 amide bonds. The quantitative estimate of drug-likeness (QED) is 0.861. The molecule has 0 radical (unpaired) electrons. The number of carboxylic acids is 1. The lowest BCUT2D eigenvalue weighted by atomic mass is 9.78. The van der Waals surface area contributed by atoms with Crippen LogP contribution in [0, 0.1) is 11.8 Å². The number of benzene rings is 1. The maximum atomic E-state index is 11.0. The molecule has 0 bridgehead atoms. The van der Waals surface area contributed by atoms with Crippen LogP contribution < -0.4 is 5.32 Å². The van der Waals surface area contributed by atoms with Crippen molar-refractivity contribution in [2.45, 2.75) is 52.1 Å². The predicted molar refractivity (Wildman–Crippen MR) is 80.8 cm³/mol. The highest BCUT2D eigenvalue weighted by molar-refractivity contribution is 5.87. The average molecular weight is 275 g/mol. The number of hydrogen-bond donors (Lipinski definition) is 2. The van der Waals surface area contributed by atoms with E-state index < -0.39 is 5.97 Å². The van der Waals surface area contributed by atoms with Crippen LogP contribution in [0.1, 0.15) is 55.5 Å². The van der Waals surface area contributed by atoms with Gasteiger partial charge in [0.1, 0.15) is 0 Å². The molecule has 1 aliphatic rings. The van der Waals surface area contributed by atoms with E-state index in [0.29, 0.717) is 17.5 Å². The summed E-state index contributed by atoms with van der Waals surface area (Å²) in [5, 5.41) is 12.7. The number of aromatic carboxylic acids is 1. The summed E-state index contributed by atoms with van der Waals surface area (Å²) in [6, 6.07) is 7.79. The highest BCUT2D eigenvalue weighted by Gasteiger charge is 2.26. The van der Waals surface area contributed by atoms with Crippen LogP contribution in [-0.4, -0.2) is 17.1 Å². The fourth-order valence-electron chi connectivity index (χ4n) is 3.27. The Morgan fingerprint density at radius 1 is 1.35 bits per heavy atom. The van der Waals surface area contributed by atoms with E-state index in [0.717, 1.165) is 18.0 Å². The van der Waals surface area contributed by atoms with Gasteiger partial charge in [-0.25, -0.2) is 4.79 Å². The molecular weight excluding hydrogens is 250 g/mol. The zero-order valence-electron chi connectivity index (χ0n) is 12.4. The van der Waals surface area contributed by atoms with E-state index in [4.69, 9.17) is 5.11 Å². The minimum Gasteiger partial charge on any atom is -0.478 e. The van der Waals surface area contributed by atoms with Crippen LogP contribution in [0.25, 0.3) is 0 Å². The van der Waals surface area contributed by atoms with Crippen LogP contribution in [0.15, 0.2) is 24.3 Å². The van der Waals surface area contributed by atoms with Gasteiger partial charge in [-0.2, -0.15) is 0 Å². The molecule has 2 unspecified atom stereocenters. The Kier molecular flexibility index (Phi) is 5.18. The smallest absolute Gasteiger partial charge is 0.335 e. The van der Waals surface area contributed by atoms with Crippen LogP contribution in [0.4, 0.5) is 0 Å². The first-order valence-corrected chi connectivity index (χ1v) is 7.63. The van der Waals surface area contributed by atoms with Gasteiger partial charge in [0.15, 0.2) is 0 Å². The second kappa shape index (κ2) is 6.89.